The highest BCUT2D eigenvalue weighted by Crippen LogP contribution is 2.36. The van der Waals surface area contributed by atoms with Gasteiger partial charge in [-0.05, 0) is 42.0 Å². The Morgan fingerprint density at radius 1 is 0.840 bits per heavy atom. The van der Waals surface area contributed by atoms with Crippen LogP contribution in [0.2, 0.25) is 5.02 Å². The average molecular weight is 381 g/mol. The van der Waals surface area contributed by atoms with Gasteiger partial charge < -0.3 is 4.74 Å². The summed E-state index contributed by atoms with van der Waals surface area (Å²) in [6, 6.07) is 5.93. The smallest absolute Gasteiger partial charge is 0.416 e. The zero-order valence-corrected chi connectivity index (χ0v) is 13.4. The summed E-state index contributed by atoms with van der Waals surface area (Å²) < 4.78 is 82.1. The Balaban J connectivity index is 2.50. The largest absolute Gasteiger partial charge is 0.496 e. The van der Waals surface area contributed by atoms with Gasteiger partial charge in [-0.25, -0.2) is 0 Å². The van der Waals surface area contributed by atoms with Crippen LogP contribution in [0.3, 0.4) is 0 Å². The van der Waals surface area contributed by atoms with Crippen molar-refractivity contribution in [2.45, 2.75) is 12.4 Å². The Morgan fingerprint density at radius 2 is 1.40 bits per heavy atom. The summed E-state index contributed by atoms with van der Waals surface area (Å²) in [4.78, 5) is 0. The quantitative estimate of drug-likeness (QED) is 0.433. The van der Waals surface area contributed by atoms with Gasteiger partial charge in [0.2, 0.25) is 0 Å². The van der Waals surface area contributed by atoms with Crippen molar-refractivity contribution in [2.75, 3.05) is 7.11 Å². The maximum atomic E-state index is 12.8. The second-order valence-electron chi connectivity index (χ2n) is 5.06. The van der Waals surface area contributed by atoms with Gasteiger partial charge >= 0.3 is 12.4 Å². The predicted octanol–water partition coefficient (Wildman–Crippen LogP) is 6.56. The summed E-state index contributed by atoms with van der Waals surface area (Å²) in [6.45, 7) is 0. The molecule has 2 aromatic carbocycles. The maximum Gasteiger partial charge on any atom is 0.416 e. The van der Waals surface area contributed by atoms with Gasteiger partial charge in [0.15, 0.2) is 0 Å². The molecule has 0 aliphatic carbocycles. The third kappa shape index (κ3) is 4.92. The van der Waals surface area contributed by atoms with E-state index in [0.717, 1.165) is 6.08 Å². The molecule has 1 nitrogen and oxygen atoms in total. The predicted molar refractivity (Wildman–Crippen MR) is 83.4 cm³/mol. The fraction of sp³-hybridized carbons (Fsp3) is 0.176. The summed E-state index contributed by atoms with van der Waals surface area (Å²) in [7, 11) is 1.38. The SMILES string of the molecule is COc1ccc(Cl)cc1/C=C/c1cc(C(F)(F)F)cc(C(F)(F)F)c1. The van der Waals surface area contributed by atoms with Crippen molar-refractivity contribution >= 4 is 23.8 Å². The minimum absolute atomic E-state index is 0.0807. The van der Waals surface area contributed by atoms with Crippen molar-refractivity contribution in [1.82, 2.24) is 0 Å². The van der Waals surface area contributed by atoms with Crippen molar-refractivity contribution in [3.63, 3.8) is 0 Å². The van der Waals surface area contributed by atoms with Crippen LogP contribution in [0, 0.1) is 0 Å². The Hall–Kier alpha value is -2.15. The number of halogens is 7. The number of ether oxygens (including phenoxy) is 1. The summed E-state index contributed by atoms with van der Waals surface area (Å²) in [5.41, 5.74) is -2.58. The van der Waals surface area contributed by atoms with Crippen LogP contribution in [-0.4, -0.2) is 7.11 Å². The molecule has 0 heterocycles. The number of hydrogen-bond acceptors (Lipinski definition) is 1. The first kappa shape index (κ1) is 19.2. The first-order valence-electron chi connectivity index (χ1n) is 6.82. The minimum Gasteiger partial charge on any atom is -0.496 e. The zero-order chi connectivity index (χ0) is 18.8. The third-order valence-corrected chi connectivity index (χ3v) is 3.49. The summed E-state index contributed by atoms with van der Waals surface area (Å²) >= 11 is 5.84. The molecule has 0 fully saturated rings. The Morgan fingerprint density at radius 3 is 1.88 bits per heavy atom. The molecule has 0 aromatic heterocycles. The number of rotatable bonds is 3. The molecule has 0 saturated heterocycles. The van der Waals surface area contributed by atoms with Crippen molar-refractivity contribution in [1.29, 1.82) is 0 Å². The standard InChI is InChI=1S/C17H11ClF6O/c1-25-15-5-4-14(18)8-11(15)3-2-10-6-12(16(19,20)21)9-13(7-10)17(22,23)24/h2-9H,1H3/b3-2+. The molecule has 0 saturated carbocycles. The molecule has 0 aliphatic heterocycles. The first-order valence-corrected chi connectivity index (χ1v) is 7.19. The van der Waals surface area contributed by atoms with E-state index < -0.39 is 23.5 Å². The van der Waals surface area contributed by atoms with Crippen LogP contribution in [0.5, 0.6) is 5.75 Å². The molecule has 0 bridgehead atoms. The fourth-order valence-electron chi connectivity index (χ4n) is 2.10. The van der Waals surface area contributed by atoms with E-state index in [4.69, 9.17) is 16.3 Å². The lowest BCUT2D eigenvalue weighted by Gasteiger charge is -2.13. The van der Waals surface area contributed by atoms with E-state index in [1.165, 1.54) is 25.3 Å². The first-order chi connectivity index (χ1) is 11.5. The van der Waals surface area contributed by atoms with Gasteiger partial charge in [-0.1, -0.05) is 23.8 Å². The minimum atomic E-state index is -4.89. The number of benzene rings is 2. The number of alkyl halides is 6. The van der Waals surface area contributed by atoms with Gasteiger partial charge in [0.1, 0.15) is 5.75 Å². The molecule has 0 aliphatic rings. The molecule has 25 heavy (non-hydrogen) atoms. The molecule has 0 N–H and O–H groups in total. The lowest BCUT2D eigenvalue weighted by atomic mass is 10.0. The van der Waals surface area contributed by atoms with Crippen LogP contribution in [-0.2, 0) is 12.4 Å². The highest BCUT2D eigenvalue weighted by molar-refractivity contribution is 6.30. The average Bonchev–Trinajstić information content (AvgIpc) is 2.51. The van der Waals surface area contributed by atoms with E-state index in [1.807, 2.05) is 0 Å². The van der Waals surface area contributed by atoms with Crippen LogP contribution in [0.1, 0.15) is 22.3 Å². The molecule has 0 unspecified atom stereocenters. The van der Waals surface area contributed by atoms with Gasteiger partial charge in [-0.2, -0.15) is 26.3 Å². The summed E-state index contributed by atoms with van der Waals surface area (Å²) in [5.74, 6) is 0.378. The summed E-state index contributed by atoms with van der Waals surface area (Å²) in [6.07, 6.45) is -7.31. The van der Waals surface area contributed by atoms with E-state index in [2.05, 4.69) is 0 Å². The van der Waals surface area contributed by atoms with Crippen LogP contribution in [0.25, 0.3) is 12.2 Å². The molecule has 2 aromatic rings. The van der Waals surface area contributed by atoms with Crippen molar-refractivity contribution < 1.29 is 31.1 Å². The molecular formula is C17H11ClF6O. The van der Waals surface area contributed by atoms with Crippen molar-refractivity contribution in [3.8, 4) is 5.75 Å². The highest BCUT2D eigenvalue weighted by atomic mass is 35.5. The molecule has 2 rings (SSSR count). The van der Waals surface area contributed by atoms with Gasteiger partial charge in [-0.3, -0.25) is 0 Å². The summed E-state index contributed by atoms with van der Waals surface area (Å²) in [5, 5.41) is 0.348. The topological polar surface area (TPSA) is 9.23 Å². The van der Waals surface area contributed by atoms with Crippen LogP contribution < -0.4 is 4.74 Å². The number of hydrogen-bond donors (Lipinski definition) is 0. The van der Waals surface area contributed by atoms with E-state index in [9.17, 15) is 26.3 Å². The second-order valence-corrected chi connectivity index (χ2v) is 5.50. The Kier molecular flexibility index (Phi) is 5.37. The monoisotopic (exact) mass is 380 g/mol. The zero-order valence-electron chi connectivity index (χ0n) is 12.7. The van der Waals surface area contributed by atoms with Gasteiger partial charge in [0.05, 0.1) is 18.2 Å². The second kappa shape index (κ2) is 7.00. The van der Waals surface area contributed by atoms with E-state index in [1.54, 1.807) is 6.07 Å². The Bertz CT molecular complexity index is 760. The lowest BCUT2D eigenvalue weighted by Crippen LogP contribution is -2.11. The molecule has 0 spiro atoms. The molecule has 0 amide bonds. The van der Waals surface area contributed by atoms with Crippen LogP contribution >= 0.6 is 11.6 Å². The third-order valence-electron chi connectivity index (χ3n) is 3.26. The highest BCUT2D eigenvalue weighted by Gasteiger charge is 2.36. The van der Waals surface area contributed by atoms with Gasteiger partial charge in [0, 0.05) is 10.6 Å². The van der Waals surface area contributed by atoms with Gasteiger partial charge in [0.25, 0.3) is 0 Å². The van der Waals surface area contributed by atoms with E-state index >= 15 is 0 Å². The van der Waals surface area contributed by atoms with Crippen molar-refractivity contribution in [3.05, 3.63) is 63.7 Å². The van der Waals surface area contributed by atoms with Crippen molar-refractivity contribution in [2.24, 2.45) is 0 Å². The van der Waals surface area contributed by atoms with E-state index in [0.29, 0.717) is 28.5 Å². The lowest BCUT2D eigenvalue weighted by molar-refractivity contribution is -0.143. The number of methoxy groups -OCH3 is 1. The molecular weight excluding hydrogens is 370 g/mol. The van der Waals surface area contributed by atoms with Crippen LogP contribution in [0.15, 0.2) is 36.4 Å². The maximum absolute atomic E-state index is 12.8. The van der Waals surface area contributed by atoms with Gasteiger partial charge in [-0.15, -0.1) is 0 Å². The Labute approximate surface area is 144 Å². The fourth-order valence-corrected chi connectivity index (χ4v) is 2.28. The molecule has 8 heteroatoms. The molecule has 134 valence electrons. The molecule has 0 atom stereocenters. The normalized spacial score (nSPS) is 12.6. The molecule has 0 radical (unpaired) electrons. The van der Waals surface area contributed by atoms with Crippen LogP contribution in [0.4, 0.5) is 26.3 Å². The van der Waals surface area contributed by atoms with E-state index in [-0.39, 0.29) is 11.6 Å².